The van der Waals surface area contributed by atoms with Crippen LogP contribution in [-0.4, -0.2) is 4.98 Å². The normalized spacial score (nSPS) is 10.1. The van der Waals surface area contributed by atoms with Crippen LogP contribution in [0.1, 0.15) is 5.56 Å². The molecule has 0 radical (unpaired) electrons. The Morgan fingerprint density at radius 3 is 2.79 bits per heavy atom. The Bertz CT molecular complexity index is 546. The fraction of sp³-hybridized carbons (Fsp3) is 0. The Morgan fingerprint density at radius 1 is 1.36 bits per heavy atom. The van der Waals surface area contributed by atoms with Gasteiger partial charge in [-0.25, -0.2) is 9.37 Å². The average molecular weight is 207 g/mol. The Morgan fingerprint density at radius 2 is 2.07 bits per heavy atom. The quantitative estimate of drug-likeness (QED) is 0.622. The molecule has 68 valence electrons. The number of hydrogen-bond acceptors (Lipinski definition) is 2. The van der Waals surface area contributed by atoms with Gasteiger partial charge in [0.2, 0.25) is 0 Å². The van der Waals surface area contributed by atoms with Crippen LogP contribution in [-0.2, 0) is 0 Å². The molecule has 2 aromatic rings. The van der Waals surface area contributed by atoms with Gasteiger partial charge < -0.3 is 0 Å². The summed E-state index contributed by atoms with van der Waals surface area (Å²) in [5.41, 5.74) is 0.249. The second-order valence-electron chi connectivity index (χ2n) is 2.72. The number of nitrogens with zero attached hydrogens (tertiary/aromatic N) is 2. The lowest BCUT2D eigenvalue weighted by Crippen LogP contribution is -1.91. The third-order valence-electron chi connectivity index (χ3n) is 1.90. The number of halogens is 2. The molecule has 0 saturated heterocycles. The molecule has 0 aliphatic rings. The fourth-order valence-corrected chi connectivity index (χ4v) is 1.46. The summed E-state index contributed by atoms with van der Waals surface area (Å²) < 4.78 is 13.6. The number of fused-ring (bicyclic) bond motifs is 1. The van der Waals surface area contributed by atoms with E-state index in [9.17, 15) is 4.39 Å². The van der Waals surface area contributed by atoms with Crippen LogP contribution >= 0.6 is 11.6 Å². The van der Waals surface area contributed by atoms with Crippen molar-refractivity contribution in [3.05, 3.63) is 40.8 Å². The molecule has 1 heterocycles. The van der Waals surface area contributed by atoms with E-state index in [1.165, 1.54) is 0 Å². The minimum Gasteiger partial charge on any atom is -0.234 e. The summed E-state index contributed by atoms with van der Waals surface area (Å²) in [6, 6.07) is 8.31. The van der Waals surface area contributed by atoms with Crippen molar-refractivity contribution in [2.75, 3.05) is 0 Å². The molecule has 0 N–H and O–H groups in total. The predicted molar refractivity (Wildman–Crippen MR) is 51.4 cm³/mol. The summed E-state index contributed by atoms with van der Waals surface area (Å²) in [7, 11) is 0. The van der Waals surface area contributed by atoms with Gasteiger partial charge in [-0.3, -0.25) is 0 Å². The molecule has 0 aliphatic carbocycles. The van der Waals surface area contributed by atoms with Gasteiger partial charge in [0.05, 0.1) is 5.52 Å². The Balaban J connectivity index is 2.95. The maximum atomic E-state index is 13.6. The van der Waals surface area contributed by atoms with Crippen molar-refractivity contribution in [2.24, 2.45) is 0 Å². The third-order valence-corrected chi connectivity index (χ3v) is 2.17. The van der Waals surface area contributed by atoms with Crippen molar-refractivity contribution < 1.29 is 4.39 Å². The summed E-state index contributed by atoms with van der Waals surface area (Å²) in [4.78, 5) is 3.91. The molecule has 0 saturated carbocycles. The van der Waals surface area contributed by atoms with E-state index in [-0.39, 0.29) is 10.7 Å². The van der Waals surface area contributed by atoms with E-state index < -0.39 is 5.82 Å². The van der Waals surface area contributed by atoms with Gasteiger partial charge in [-0.15, -0.1) is 0 Å². The molecule has 0 spiro atoms. The average Bonchev–Trinajstić information content (AvgIpc) is 2.18. The molecule has 0 unspecified atom stereocenters. The maximum Gasteiger partial charge on any atom is 0.153 e. The molecule has 0 fully saturated rings. The number of nitriles is 1. The number of pyridine rings is 1. The predicted octanol–water partition coefficient (Wildman–Crippen LogP) is 2.90. The Labute approximate surface area is 84.6 Å². The molecule has 2 nitrogen and oxygen atoms in total. The lowest BCUT2D eigenvalue weighted by molar-refractivity contribution is 0.634. The zero-order valence-corrected chi connectivity index (χ0v) is 7.72. The summed E-state index contributed by atoms with van der Waals surface area (Å²) in [5.74, 6) is -0.608. The van der Waals surface area contributed by atoms with E-state index in [2.05, 4.69) is 4.98 Å². The van der Waals surface area contributed by atoms with E-state index in [1.54, 1.807) is 30.3 Å². The van der Waals surface area contributed by atoms with Gasteiger partial charge >= 0.3 is 0 Å². The lowest BCUT2D eigenvalue weighted by atomic mass is 10.1. The maximum absolute atomic E-state index is 13.6. The van der Waals surface area contributed by atoms with Crippen molar-refractivity contribution in [3.63, 3.8) is 0 Å². The van der Waals surface area contributed by atoms with Crippen LogP contribution in [0.4, 0.5) is 4.39 Å². The lowest BCUT2D eigenvalue weighted by Gasteiger charge is -2.01. The Kier molecular flexibility index (Phi) is 2.06. The van der Waals surface area contributed by atoms with Crippen molar-refractivity contribution in [3.8, 4) is 6.07 Å². The summed E-state index contributed by atoms with van der Waals surface area (Å²) in [6.07, 6.45) is 0. The second kappa shape index (κ2) is 3.24. The first kappa shape index (κ1) is 8.92. The highest BCUT2D eigenvalue weighted by atomic mass is 35.5. The van der Waals surface area contributed by atoms with Crippen LogP contribution in [0.5, 0.6) is 0 Å². The first-order valence-electron chi connectivity index (χ1n) is 3.88. The van der Waals surface area contributed by atoms with Gasteiger partial charge in [-0.05, 0) is 12.1 Å². The van der Waals surface area contributed by atoms with Gasteiger partial charge in [0.15, 0.2) is 11.0 Å². The van der Waals surface area contributed by atoms with Crippen molar-refractivity contribution in [2.45, 2.75) is 0 Å². The largest absolute Gasteiger partial charge is 0.234 e. The molecular weight excluding hydrogens is 203 g/mol. The van der Waals surface area contributed by atoms with Gasteiger partial charge in [-0.2, -0.15) is 5.26 Å². The first-order chi connectivity index (χ1) is 6.74. The van der Waals surface area contributed by atoms with Crippen molar-refractivity contribution in [1.82, 2.24) is 4.98 Å². The molecular formula is C10H4ClFN2. The number of para-hydroxylation sites is 1. The van der Waals surface area contributed by atoms with Gasteiger partial charge in [-0.1, -0.05) is 23.7 Å². The second-order valence-corrected chi connectivity index (χ2v) is 3.08. The van der Waals surface area contributed by atoms with Crippen LogP contribution in [0.2, 0.25) is 5.15 Å². The van der Waals surface area contributed by atoms with Crippen molar-refractivity contribution in [1.29, 1.82) is 5.26 Å². The highest BCUT2D eigenvalue weighted by Crippen LogP contribution is 2.23. The Hall–Kier alpha value is -1.66. The minimum atomic E-state index is -0.608. The number of hydrogen-bond donors (Lipinski definition) is 0. The molecule has 0 amide bonds. The van der Waals surface area contributed by atoms with E-state index in [0.29, 0.717) is 10.9 Å². The molecule has 2 rings (SSSR count). The third kappa shape index (κ3) is 1.21. The van der Waals surface area contributed by atoms with E-state index >= 15 is 0 Å². The van der Waals surface area contributed by atoms with Gasteiger partial charge in [0.1, 0.15) is 11.6 Å². The standard InChI is InChI=1S/C10H4ClFN2/c11-10-7(5-13)9(12)6-3-1-2-4-8(6)14-10/h1-4H. The SMILES string of the molecule is N#Cc1c(Cl)nc2ccccc2c1F. The van der Waals surface area contributed by atoms with Crippen LogP contribution in [0.15, 0.2) is 24.3 Å². The number of benzene rings is 1. The zero-order valence-electron chi connectivity index (χ0n) is 6.96. The van der Waals surface area contributed by atoms with Crippen LogP contribution in [0.25, 0.3) is 10.9 Å². The smallest absolute Gasteiger partial charge is 0.153 e. The summed E-state index contributed by atoms with van der Waals surface area (Å²) in [6.45, 7) is 0. The zero-order chi connectivity index (χ0) is 10.1. The number of aromatic nitrogens is 1. The van der Waals surface area contributed by atoms with E-state index in [4.69, 9.17) is 16.9 Å². The fourth-order valence-electron chi connectivity index (χ4n) is 1.24. The summed E-state index contributed by atoms with van der Waals surface area (Å²) in [5, 5.41) is 8.86. The molecule has 0 aliphatic heterocycles. The molecule has 0 bridgehead atoms. The van der Waals surface area contributed by atoms with Crippen LogP contribution < -0.4 is 0 Å². The molecule has 1 aromatic heterocycles. The molecule has 0 atom stereocenters. The molecule has 14 heavy (non-hydrogen) atoms. The van der Waals surface area contributed by atoms with E-state index in [1.807, 2.05) is 0 Å². The monoisotopic (exact) mass is 206 g/mol. The molecule has 4 heteroatoms. The van der Waals surface area contributed by atoms with Crippen LogP contribution in [0.3, 0.4) is 0 Å². The molecule has 1 aromatic carbocycles. The van der Waals surface area contributed by atoms with Crippen molar-refractivity contribution >= 4 is 22.5 Å². The first-order valence-corrected chi connectivity index (χ1v) is 4.25. The highest BCUT2D eigenvalue weighted by molar-refractivity contribution is 6.31. The highest BCUT2D eigenvalue weighted by Gasteiger charge is 2.12. The number of rotatable bonds is 0. The van der Waals surface area contributed by atoms with Gasteiger partial charge in [0, 0.05) is 5.39 Å². The minimum absolute atomic E-state index is 0.0938. The topological polar surface area (TPSA) is 36.7 Å². The van der Waals surface area contributed by atoms with Gasteiger partial charge in [0.25, 0.3) is 0 Å². The van der Waals surface area contributed by atoms with Crippen LogP contribution in [0, 0.1) is 17.1 Å². The summed E-state index contributed by atoms with van der Waals surface area (Å²) >= 11 is 5.64. The van der Waals surface area contributed by atoms with E-state index in [0.717, 1.165) is 0 Å².